The number of hydrogen-bond donors (Lipinski definition) is 1. The molecule has 1 aliphatic rings. The predicted molar refractivity (Wildman–Crippen MR) is 85.8 cm³/mol. The first-order valence-electron chi connectivity index (χ1n) is 7.46. The highest BCUT2D eigenvalue weighted by Gasteiger charge is 2.52. The van der Waals surface area contributed by atoms with Crippen LogP contribution >= 0.6 is 11.3 Å². The van der Waals surface area contributed by atoms with Crippen molar-refractivity contribution >= 4 is 29.2 Å². The van der Waals surface area contributed by atoms with E-state index in [1.807, 2.05) is 0 Å². The molecule has 0 bridgehead atoms. The highest BCUT2D eigenvalue weighted by molar-refractivity contribution is 7.12. The molecule has 1 aromatic rings. The van der Waals surface area contributed by atoms with Gasteiger partial charge in [0.15, 0.2) is 11.3 Å². The van der Waals surface area contributed by atoms with Gasteiger partial charge in [-0.3, -0.25) is 9.69 Å². The van der Waals surface area contributed by atoms with Crippen LogP contribution in [-0.4, -0.2) is 45.5 Å². The molecule has 0 aromatic carbocycles. The molecule has 23 heavy (non-hydrogen) atoms. The molecule has 6 nitrogen and oxygen atoms in total. The zero-order valence-electron chi connectivity index (χ0n) is 13.5. The standard InChI is InChI=1S/C16H21NO5S/c1-15(2,3)22-14(21)17-8-5-7-16(17,13(19)20)10-11(18)12-6-4-9-23-12/h4,6,9H,5,7-8,10H2,1-3H3,(H,19,20). The SMILES string of the molecule is CC(C)(C)OC(=O)N1CCCC1(CC(=O)c1cccs1)C(=O)O. The van der Waals surface area contributed by atoms with Crippen molar-refractivity contribution in [2.45, 2.75) is 51.2 Å². The maximum Gasteiger partial charge on any atom is 0.411 e. The Morgan fingerprint density at radius 2 is 2.09 bits per heavy atom. The highest BCUT2D eigenvalue weighted by Crippen LogP contribution is 2.35. The Kier molecular flexibility index (Phi) is 4.79. The van der Waals surface area contributed by atoms with Gasteiger partial charge in [-0.2, -0.15) is 0 Å². The molecule has 0 saturated carbocycles. The summed E-state index contributed by atoms with van der Waals surface area (Å²) in [4.78, 5) is 38.4. The topological polar surface area (TPSA) is 83.9 Å². The molecule has 126 valence electrons. The molecular formula is C16H21NO5S. The molecular weight excluding hydrogens is 318 g/mol. The van der Waals surface area contributed by atoms with Gasteiger partial charge in [0.1, 0.15) is 5.60 Å². The van der Waals surface area contributed by atoms with Crippen molar-refractivity contribution in [1.29, 1.82) is 0 Å². The third-order valence-corrected chi connectivity index (χ3v) is 4.66. The maximum atomic E-state index is 12.4. The minimum Gasteiger partial charge on any atom is -0.479 e. The molecule has 2 rings (SSSR count). The lowest BCUT2D eigenvalue weighted by atomic mass is 9.89. The van der Waals surface area contributed by atoms with Gasteiger partial charge in [-0.25, -0.2) is 9.59 Å². The summed E-state index contributed by atoms with van der Waals surface area (Å²) in [6, 6.07) is 3.40. The second-order valence-corrected chi connectivity index (χ2v) is 7.60. The Hall–Kier alpha value is -1.89. The summed E-state index contributed by atoms with van der Waals surface area (Å²) in [5.74, 6) is -1.43. The van der Waals surface area contributed by atoms with E-state index in [1.165, 1.54) is 16.2 Å². The Balaban J connectivity index is 2.26. The number of ether oxygens (including phenoxy) is 1. The summed E-state index contributed by atoms with van der Waals surface area (Å²) in [6.07, 6.45) is -0.138. The van der Waals surface area contributed by atoms with Crippen LogP contribution in [0, 0.1) is 0 Å². The van der Waals surface area contributed by atoms with Crippen molar-refractivity contribution in [3.8, 4) is 0 Å². The normalized spacial score (nSPS) is 21.3. The van der Waals surface area contributed by atoms with Gasteiger partial charge in [0.05, 0.1) is 4.88 Å². The van der Waals surface area contributed by atoms with Crippen molar-refractivity contribution in [3.05, 3.63) is 22.4 Å². The number of Topliss-reactive ketones (excluding diaryl/α,β-unsaturated/α-hetero) is 1. The number of carboxylic acids is 1. The predicted octanol–water partition coefficient (Wildman–Crippen LogP) is 3.18. The fourth-order valence-corrected chi connectivity index (χ4v) is 3.40. The first-order valence-corrected chi connectivity index (χ1v) is 8.34. The molecule has 0 spiro atoms. The van der Waals surface area contributed by atoms with Crippen LogP contribution < -0.4 is 0 Å². The number of amides is 1. The third kappa shape index (κ3) is 3.72. The first-order chi connectivity index (χ1) is 10.7. The largest absolute Gasteiger partial charge is 0.479 e. The van der Waals surface area contributed by atoms with Crippen LogP contribution in [0.15, 0.2) is 17.5 Å². The van der Waals surface area contributed by atoms with E-state index in [-0.39, 0.29) is 25.2 Å². The smallest absolute Gasteiger partial charge is 0.411 e. The average Bonchev–Trinajstić information content (AvgIpc) is 3.06. The van der Waals surface area contributed by atoms with Crippen LogP contribution in [0.1, 0.15) is 49.7 Å². The molecule has 1 N–H and O–H groups in total. The van der Waals surface area contributed by atoms with Gasteiger partial charge in [0, 0.05) is 13.0 Å². The molecule has 1 amide bonds. The summed E-state index contributed by atoms with van der Waals surface area (Å²) < 4.78 is 5.31. The van der Waals surface area contributed by atoms with Gasteiger partial charge < -0.3 is 9.84 Å². The number of carbonyl (C=O) groups is 3. The molecule has 1 fully saturated rings. The Morgan fingerprint density at radius 3 is 2.61 bits per heavy atom. The second kappa shape index (κ2) is 6.31. The molecule has 7 heteroatoms. The Morgan fingerprint density at radius 1 is 1.39 bits per heavy atom. The van der Waals surface area contributed by atoms with E-state index in [2.05, 4.69) is 0 Å². The van der Waals surface area contributed by atoms with Crippen LogP contribution in [0.3, 0.4) is 0 Å². The summed E-state index contributed by atoms with van der Waals surface area (Å²) in [7, 11) is 0. The number of aliphatic carboxylic acids is 1. The number of carbonyl (C=O) groups excluding carboxylic acids is 2. The lowest BCUT2D eigenvalue weighted by Gasteiger charge is -2.35. The minimum absolute atomic E-state index is 0.234. The summed E-state index contributed by atoms with van der Waals surface area (Å²) in [5.41, 5.74) is -2.24. The fourth-order valence-electron chi connectivity index (χ4n) is 2.73. The van der Waals surface area contributed by atoms with Gasteiger partial charge in [-0.05, 0) is 45.1 Å². The monoisotopic (exact) mass is 339 g/mol. The van der Waals surface area contributed by atoms with Crippen molar-refractivity contribution in [1.82, 2.24) is 4.90 Å². The minimum atomic E-state index is -1.52. The molecule has 0 radical (unpaired) electrons. The molecule has 1 saturated heterocycles. The zero-order chi connectivity index (χ0) is 17.3. The van der Waals surface area contributed by atoms with E-state index in [1.54, 1.807) is 38.3 Å². The molecule has 2 heterocycles. The van der Waals surface area contributed by atoms with Gasteiger partial charge in [-0.15, -0.1) is 11.3 Å². The first kappa shape index (κ1) is 17.5. The maximum absolute atomic E-state index is 12.4. The van der Waals surface area contributed by atoms with Crippen LogP contribution in [0.4, 0.5) is 4.79 Å². The lowest BCUT2D eigenvalue weighted by molar-refractivity contribution is -0.149. The molecule has 1 aliphatic heterocycles. The van der Waals surface area contributed by atoms with Crippen LogP contribution in [0.5, 0.6) is 0 Å². The van der Waals surface area contributed by atoms with E-state index < -0.39 is 23.2 Å². The summed E-state index contributed by atoms with van der Waals surface area (Å²) in [6.45, 7) is 5.44. The van der Waals surface area contributed by atoms with E-state index in [9.17, 15) is 19.5 Å². The second-order valence-electron chi connectivity index (χ2n) is 6.65. The quantitative estimate of drug-likeness (QED) is 0.852. The number of nitrogens with zero attached hydrogens (tertiary/aromatic N) is 1. The highest BCUT2D eigenvalue weighted by atomic mass is 32.1. The number of thiophene rings is 1. The fraction of sp³-hybridized carbons (Fsp3) is 0.562. The van der Waals surface area contributed by atoms with E-state index in [0.29, 0.717) is 11.3 Å². The molecule has 1 aromatic heterocycles. The number of rotatable bonds is 4. The summed E-state index contributed by atoms with van der Waals surface area (Å²) in [5, 5.41) is 11.5. The van der Waals surface area contributed by atoms with E-state index in [4.69, 9.17) is 4.74 Å². The Labute approximate surface area is 139 Å². The van der Waals surface area contributed by atoms with Crippen LogP contribution in [0.25, 0.3) is 0 Å². The number of hydrogen-bond acceptors (Lipinski definition) is 5. The lowest BCUT2D eigenvalue weighted by Crippen LogP contribution is -2.55. The van der Waals surface area contributed by atoms with E-state index >= 15 is 0 Å². The van der Waals surface area contributed by atoms with Crippen molar-refractivity contribution in [2.75, 3.05) is 6.54 Å². The van der Waals surface area contributed by atoms with Gasteiger partial charge >= 0.3 is 12.1 Å². The van der Waals surface area contributed by atoms with Crippen molar-refractivity contribution in [2.24, 2.45) is 0 Å². The molecule has 1 unspecified atom stereocenters. The molecule has 1 atom stereocenters. The van der Waals surface area contributed by atoms with E-state index in [0.717, 1.165) is 0 Å². The number of carboxylic acid groups (broad SMARTS) is 1. The number of likely N-dealkylation sites (tertiary alicyclic amines) is 1. The number of ketones is 1. The molecule has 0 aliphatic carbocycles. The average molecular weight is 339 g/mol. The van der Waals surface area contributed by atoms with Crippen LogP contribution in [-0.2, 0) is 9.53 Å². The summed E-state index contributed by atoms with van der Waals surface area (Å²) >= 11 is 1.27. The van der Waals surface area contributed by atoms with Gasteiger partial charge in [0.25, 0.3) is 0 Å². The Bertz CT molecular complexity index is 604. The van der Waals surface area contributed by atoms with Crippen LogP contribution in [0.2, 0.25) is 0 Å². The van der Waals surface area contributed by atoms with Crippen molar-refractivity contribution < 1.29 is 24.2 Å². The van der Waals surface area contributed by atoms with Gasteiger partial charge in [0.2, 0.25) is 0 Å². The zero-order valence-corrected chi connectivity index (χ0v) is 14.3. The van der Waals surface area contributed by atoms with Gasteiger partial charge in [-0.1, -0.05) is 6.07 Å². The van der Waals surface area contributed by atoms with Crippen molar-refractivity contribution in [3.63, 3.8) is 0 Å². The third-order valence-electron chi connectivity index (χ3n) is 3.75.